The van der Waals surface area contributed by atoms with E-state index in [1.165, 1.54) is 24.3 Å². The SMILES string of the molecule is O=C(O)c1ccc2oc(-c3nn[nH]n3)cc(=O)c2c1. The number of nitrogens with one attached hydrogen (secondary N) is 1. The van der Waals surface area contributed by atoms with Gasteiger partial charge in [0.2, 0.25) is 5.82 Å². The predicted octanol–water partition coefficient (Wildman–Crippen LogP) is 0.671. The lowest BCUT2D eigenvalue weighted by molar-refractivity contribution is 0.0697. The molecule has 2 heterocycles. The van der Waals surface area contributed by atoms with Gasteiger partial charge in [0.05, 0.1) is 10.9 Å². The fourth-order valence-electron chi connectivity index (χ4n) is 1.67. The van der Waals surface area contributed by atoms with Gasteiger partial charge in [-0.3, -0.25) is 4.79 Å². The number of benzene rings is 1. The molecule has 0 radical (unpaired) electrons. The normalized spacial score (nSPS) is 10.7. The van der Waals surface area contributed by atoms with Crippen LogP contribution in [0.1, 0.15) is 10.4 Å². The number of carboxylic acid groups (broad SMARTS) is 1. The lowest BCUT2D eigenvalue weighted by atomic mass is 10.1. The Morgan fingerprint density at radius 2 is 2.16 bits per heavy atom. The Hall–Kier alpha value is -3.03. The van der Waals surface area contributed by atoms with E-state index in [-0.39, 0.29) is 33.5 Å². The molecule has 0 aliphatic rings. The summed E-state index contributed by atoms with van der Waals surface area (Å²) in [6, 6.07) is 5.24. The van der Waals surface area contributed by atoms with Crippen molar-refractivity contribution in [3.63, 3.8) is 0 Å². The number of rotatable bonds is 2. The van der Waals surface area contributed by atoms with Gasteiger partial charge < -0.3 is 9.52 Å². The monoisotopic (exact) mass is 258 g/mol. The van der Waals surface area contributed by atoms with E-state index in [0.29, 0.717) is 0 Å². The van der Waals surface area contributed by atoms with Crippen LogP contribution in [-0.4, -0.2) is 31.7 Å². The van der Waals surface area contributed by atoms with Gasteiger partial charge in [-0.15, -0.1) is 10.2 Å². The first kappa shape index (κ1) is 11.1. The second-order valence-corrected chi connectivity index (χ2v) is 3.73. The van der Waals surface area contributed by atoms with E-state index in [4.69, 9.17) is 9.52 Å². The highest BCUT2D eigenvalue weighted by Crippen LogP contribution is 2.19. The van der Waals surface area contributed by atoms with Crippen molar-refractivity contribution in [1.82, 2.24) is 20.6 Å². The lowest BCUT2D eigenvalue weighted by Crippen LogP contribution is -2.03. The number of aromatic carboxylic acids is 1. The Balaban J connectivity index is 2.26. The molecule has 19 heavy (non-hydrogen) atoms. The largest absolute Gasteiger partial charge is 0.478 e. The summed E-state index contributed by atoms with van der Waals surface area (Å²) in [6.07, 6.45) is 0. The second kappa shape index (κ2) is 4.02. The summed E-state index contributed by atoms with van der Waals surface area (Å²) in [5, 5.41) is 22.1. The van der Waals surface area contributed by atoms with Crippen LogP contribution in [0.3, 0.4) is 0 Å². The molecule has 2 N–H and O–H groups in total. The van der Waals surface area contributed by atoms with Crippen molar-refractivity contribution >= 4 is 16.9 Å². The molecule has 0 amide bonds. The van der Waals surface area contributed by atoms with Crippen LogP contribution in [0.4, 0.5) is 0 Å². The molecular weight excluding hydrogens is 252 g/mol. The molecule has 0 saturated carbocycles. The minimum absolute atomic E-state index is 0.0205. The molecule has 8 heteroatoms. The molecule has 0 unspecified atom stereocenters. The fourth-order valence-corrected chi connectivity index (χ4v) is 1.67. The maximum atomic E-state index is 11.9. The first-order valence-corrected chi connectivity index (χ1v) is 5.20. The molecule has 2 aromatic heterocycles. The standard InChI is InChI=1S/C11H6N4O4/c16-7-4-9(10-12-14-15-13-10)19-8-2-1-5(11(17)18)3-6(7)8/h1-4H,(H,17,18)(H,12,13,14,15). The minimum Gasteiger partial charge on any atom is -0.478 e. The third kappa shape index (κ3) is 1.84. The van der Waals surface area contributed by atoms with Crippen LogP contribution < -0.4 is 5.43 Å². The van der Waals surface area contributed by atoms with Crippen molar-refractivity contribution in [2.75, 3.05) is 0 Å². The maximum Gasteiger partial charge on any atom is 0.335 e. The highest BCUT2D eigenvalue weighted by atomic mass is 16.4. The molecule has 0 aliphatic carbocycles. The second-order valence-electron chi connectivity index (χ2n) is 3.73. The molecule has 0 aliphatic heterocycles. The predicted molar refractivity (Wildman–Crippen MR) is 62.6 cm³/mol. The average molecular weight is 258 g/mol. The summed E-state index contributed by atoms with van der Waals surface area (Å²) in [7, 11) is 0. The molecule has 3 rings (SSSR count). The number of hydrogen-bond acceptors (Lipinski definition) is 6. The number of aromatic amines is 1. The zero-order valence-electron chi connectivity index (χ0n) is 9.32. The van der Waals surface area contributed by atoms with Crippen LogP contribution in [0.25, 0.3) is 22.6 Å². The number of nitrogens with zero attached hydrogens (tertiary/aromatic N) is 3. The van der Waals surface area contributed by atoms with Gasteiger partial charge in [0, 0.05) is 6.07 Å². The molecule has 0 atom stereocenters. The number of tetrazole rings is 1. The van der Waals surface area contributed by atoms with E-state index >= 15 is 0 Å². The van der Waals surface area contributed by atoms with E-state index in [1.54, 1.807) is 0 Å². The van der Waals surface area contributed by atoms with E-state index in [0.717, 1.165) is 0 Å². The summed E-state index contributed by atoms with van der Waals surface area (Å²) in [4.78, 5) is 22.8. The van der Waals surface area contributed by atoms with Gasteiger partial charge in [-0.05, 0) is 23.4 Å². The Labute approximate surface area is 104 Å². The summed E-state index contributed by atoms with van der Waals surface area (Å²) in [5.74, 6) is -0.792. The number of aromatic nitrogens is 4. The first-order chi connectivity index (χ1) is 9.15. The molecule has 3 aromatic rings. The quantitative estimate of drug-likeness (QED) is 0.692. The Kier molecular flexibility index (Phi) is 2.34. The van der Waals surface area contributed by atoms with E-state index in [1.807, 2.05) is 0 Å². The zero-order valence-corrected chi connectivity index (χ0v) is 9.32. The molecule has 0 spiro atoms. The van der Waals surface area contributed by atoms with Gasteiger partial charge in [0.25, 0.3) is 0 Å². The zero-order chi connectivity index (χ0) is 13.4. The lowest BCUT2D eigenvalue weighted by Gasteiger charge is -2.00. The Morgan fingerprint density at radius 3 is 2.84 bits per heavy atom. The van der Waals surface area contributed by atoms with Gasteiger partial charge in [-0.1, -0.05) is 0 Å². The van der Waals surface area contributed by atoms with Crippen LogP contribution in [-0.2, 0) is 0 Å². The number of carbonyl (C=O) groups is 1. The van der Waals surface area contributed by atoms with Crippen molar-refractivity contribution < 1.29 is 14.3 Å². The first-order valence-electron chi connectivity index (χ1n) is 5.20. The van der Waals surface area contributed by atoms with E-state index in [2.05, 4.69) is 20.6 Å². The van der Waals surface area contributed by atoms with Crippen LogP contribution in [0.15, 0.2) is 33.5 Å². The van der Waals surface area contributed by atoms with Crippen molar-refractivity contribution in [3.8, 4) is 11.6 Å². The highest BCUT2D eigenvalue weighted by Gasteiger charge is 2.12. The molecule has 0 bridgehead atoms. The smallest absolute Gasteiger partial charge is 0.335 e. The third-order valence-corrected chi connectivity index (χ3v) is 2.54. The van der Waals surface area contributed by atoms with E-state index in [9.17, 15) is 9.59 Å². The third-order valence-electron chi connectivity index (χ3n) is 2.54. The summed E-state index contributed by atoms with van der Waals surface area (Å²) >= 11 is 0. The van der Waals surface area contributed by atoms with Crippen molar-refractivity contribution in [2.45, 2.75) is 0 Å². The van der Waals surface area contributed by atoms with Crippen LogP contribution in [0.5, 0.6) is 0 Å². The van der Waals surface area contributed by atoms with E-state index < -0.39 is 5.97 Å². The van der Waals surface area contributed by atoms with Crippen molar-refractivity contribution in [1.29, 1.82) is 0 Å². The fraction of sp³-hybridized carbons (Fsp3) is 0. The molecule has 8 nitrogen and oxygen atoms in total. The van der Waals surface area contributed by atoms with Gasteiger partial charge in [0.15, 0.2) is 11.2 Å². The number of hydrogen-bond donors (Lipinski definition) is 2. The van der Waals surface area contributed by atoms with Crippen LogP contribution in [0.2, 0.25) is 0 Å². The molecule has 94 valence electrons. The van der Waals surface area contributed by atoms with Gasteiger partial charge >= 0.3 is 5.97 Å². The Bertz CT molecular complexity index is 822. The summed E-state index contributed by atoms with van der Waals surface area (Å²) in [5.41, 5.74) is -0.0893. The molecule has 0 fully saturated rings. The maximum absolute atomic E-state index is 11.9. The number of carboxylic acids is 1. The van der Waals surface area contributed by atoms with Crippen molar-refractivity contribution in [2.24, 2.45) is 0 Å². The summed E-state index contributed by atoms with van der Waals surface area (Å²) in [6.45, 7) is 0. The highest BCUT2D eigenvalue weighted by molar-refractivity contribution is 5.92. The Morgan fingerprint density at radius 1 is 1.32 bits per heavy atom. The van der Waals surface area contributed by atoms with Gasteiger partial charge in [0.1, 0.15) is 5.58 Å². The topological polar surface area (TPSA) is 122 Å². The molecule has 0 saturated heterocycles. The molecular formula is C11H6N4O4. The van der Waals surface area contributed by atoms with Crippen LogP contribution in [0, 0.1) is 0 Å². The molecule has 1 aromatic carbocycles. The number of H-pyrrole nitrogens is 1. The average Bonchev–Trinajstić information content (AvgIpc) is 2.92. The van der Waals surface area contributed by atoms with Crippen molar-refractivity contribution in [3.05, 3.63) is 40.1 Å². The van der Waals surface area contributed by atoms with Crippen LogP contribution >= 0.6 is 0 Å². The van der Waals surface area contributed by atoms with Gasteiger partial charge in [-0.2, -0.15) is 5.21 Å². The van der Waals surface area contributed by atoms with Gasteiger partial charge in [-0.25, -0.2) is 4.79 Å². The number of fused-ring (bicyclic) bond motifs is 1. The minimum atomic E-state index is -1.11. The summed E-state index contributed by atoms with van der Waals surface area (Å²) < 4.78 is 5.44.